The van der Waals surface area contributed by atoms with E-state index >= 15 is 4.79 Å². The van der Waals surface area contributed by atoms with Crippen molar-refractivity contribution in [2.75, 3.05) is 6.61 Å². The SMILES string of the molecule is CC(=O)O[C@@]12CO[C@@H]1CC1O[Si](C)(C)C[Si](C)(C)OC3C(=O)[C@@]1(C)C2[C@H](OC(=O)c1ccccc1)[C@]1(O)C[C@H]([Mo])C(C)=C3C1(C)C. The van der Waals surface area contributed by atoms with Crippen LogP contribution >= 0.6 is 0 Å². The second kappa shape index (κ2) is 11.0. The first kappa shape index (κ1) is 34.4. The van der Waals surface area contributed by atoms with Crippen LogP contribution in [0, 0.1) is 16.7 Å². The summed E-state index contributed by atoms with van der Waals surface area (Å²) in [7, 11) is -4.99. The number of Topliss-reactive ketones (excluding diaryl/α,β-unsaturated/α-hetero) is 1. The van der Waals surface area contributed by atoms with Gasteiger partial charge in [-0.25, -0.2) is 0 Å². The Labute approximate surface area is 285 Å². The molecule has 1 aromatic rings. The molecule has 2 saturated carbocycles. The number of aliphatic hydroxyl groups is 1. The Morgan fingerprint density at radius 2 is 1.65 bits per heavy atom. The number of hydrogen-bond acceptors (Lipinski definition) is 9. The monoisotopic (exact) mass is 753 g/mol. The van der Waals surface area contributed by atoms with E-state index < -0.39 is 80.9 Å². The number of allylic oxidation sites excluding steroid dienone is 1. The van der Waals surface area contributed by atoms with Crippen molar-refractivity contribution in [2.45, 2.75) is 119 Å². The van der Waals surface area contributed by atoms with Gasteiger partial charge in [0.2, 0.25) is 0 Å². The standard InChI is InChI=1S/C34H47O9Si2.Mo/c1-20-15-16-34(38)29(40-30(37)22-13-11-10-12-14-22)27-32(5)23(17-24-33(27,18-39-24)41-21(2)35)42-44(6,7)19-45(8,9)43-26(28(32)36)25(20)31(34,3)4;/h10-15,23-24,26-27,29,38H,16-19H2,1-9H3;/t23?,24-,26?,27?,29+,32-,33+,34-;/m1./s1. The molecule has 3 unspecified atom stereocenters. The van der Waals surface area contributed by atoms with Gasteiger partial charge < -0.3 is 0 Å². The number of ether oxygens (including phenoxy) is 3. The van der Waals surface area contributed by atoms with E-state index in [1.54, 1.807) is 24.3 Å². The third kappa shape index (κ3) is 4.97. The van der Waals surface area contributed by atoms with E-state index in [1.807, 2.05) is 53.6 Å². The van der Waals surface area contributed by atoms with Crippen LogP contribution in [0.15, 0.2) is 41.5 Å². The van der Waals surface area contributed by atoms with Crippen LogP contribution in [0.5, 0.6) is 0 Å². The van der Waals surface area contributed by atoms with Crippen LogP contribution in [0.2, 0.25) is 36.2 Å². The first-order valence-electron chi connectivity index (χ1n) is 16.3. The van der Waals surface area contributed by atoms with Gasteiger partial charge >= 0.3 is 286 Å². The van der Waals surface area contributed by atoms with E-state index in [9.17, 15) is 14.7 Å². The van der Waals surface area contributed by atoms with Gasteiger partial charge in [0.25, 0.3) is 0 Å². The normalized spacial score (nSPS) is 42.1. The van der Waals surface area contributed by atoms with Crippen molar-refractivity contribution in [1.29, 1.82) is 0 Å². The molecule has 0 aromatic heterocycles. The van der Waals surface area contributed by atoms with Gasteiger partial charge in [0, 0.05) is 0 Å². The van der Waals surface area contributed by atoms with Gasteiger partial charge in [-0.3, -0.25) is 0 Å². The Morgan fingerprint density at radius 3 is 2.24 bits per heavy atom. The first-order valence-corrected chi connectivity index (χ1v) is 23.7. The average Bonchev–Trinajstić information content (AvgIpc) is 2.95. The molecule has 9 atom stereocenters. The summed E-state index contributed by atoms with van der Waals surface area (Å²) < 4.78 is 33.1. The van der Waals surface area contributed by atoms with Crippen molar-refractivity contribution in [2.24, 2.45) is 16.7 Å². The quantitative estimate of drug-likeness (QED) is 0.257. The molecule has 1 N–H and O–H groups in total. The fourth-order valence-corrected chi connectivity index (χ4v) is 21.5. The molecule has 6 rings (SSSR count). The van der Waals surface area contributed by atoms with Gasteiger partial charge in [-0.05, 0) is 0 Å². The zero-order valence-electron chi connectivity index (χ0n) is 28.3. The van der Waals surface area contributed by atoms with Gasteiger partial charge in [-0.15, -0.1) is 0 Å². The van der Waals surface area contributed by atoms with Crippen molar-refractivity contribution in [3.8, 4) is 0 Å². The van der Waals surface area contributed by atoms with Crippen molar-refractivity contribution in [3.63, 3.8) is 0 Å². The van der Waals surface area contributed by atoms with Gasteiger partial charge in [0.05, 0.1) is 0 Å². The summed E-state index contributed by atoms with van der Waals surface area (Å²) in [5.41, 5.74) is -2.59. The summed E-state index contributed by atoms with van der Waals surface area (Å²) in [6.07, 6.45) is -2.85. The van der Waals surface area contributed by atoms with Crippen LogP contribution in [-0.2, 0) is 52.5 Å². The number of hydrogen-bond donors (Lipinski definition) is 1. The van der Waals surface area contributed by atoms with Crippen molar-refractivity contribution in [3.05, 3.63) is 47.0 Å². The van der Waals surface area contributed by atoms with Gasteiger partial charge in [-0.2, -0.15) is 0 Å². The van der Waals surface area contributed by atoms with Gasteiger partial charge in [-0.1, -0.05) is 0 Å². The molecule has 1 aromatic carbocycles. The van der Waals surface area contributed by atoms with Crippen LogP contribution in [0.3, 0.4) is 0 Å². The third-order valence-corrected chi connectivity index (χ3v) is 21.5. The van der Waals surface area contributed by atoms with E-state index in [1.165, 1.54) is 6.92 Å². The summed E-state index contributed by atoms with van der Waals surface area (Å²) in [5, 5.41) is 13.4. The molecule has 9 nitrogen and oxygen atoms in total. The molecular weight excluding hydrogens is 704 g/mol. The molecule has 2 aliphatic heterocycles. The van der Waals surface area contributed by atoms with Crippen molar-refractivity contribution in [1.82, 2.24) is 0 Å². The molecule has 5 aliphatic rings. The Morgan fingerprint density at radius 1 is 1.02 bits per heavy atom. The maximum atomic E-state index is 15.7. The molecule has 3 aliphatic carbocycles. The Balaban J connectivity index is 1.70. The average molecular weight is 752 g/mol. The molecular formula is C34H47MoO9Si2. The number of carbonyl (C=O) groups excluding carboxylic acids is 3. The molecule has 46 heavy (non-hydrogen) atoms. The van der Waals surface area contributed by atoms with E-state index in [0.717, 1.165) is 16.8 Å². The Kier molecular flexibility index (Phi) is 8.24. The topological polar surface area (TPSA) is 118 Å². The minimum atomic E-state index is -2.52. The molecule has 4 bridgehead atoms. The van der Waals surface area contributed by atoms with Crippen molar-refractivity contribution < 1.29 is 62.4 Å². The van der Waals surface area contributed by atoms with Crippen LogP contribution in [-0.4, -0.2) is 81.7 Å². The van der Waals surface area contributed by atoms with E-state index in [-0.39, 0.29) is 23.1 Å². The molecule has 0 radical (unpaired) electrons. The first-order chi connectivity index (χ1) is 21.2. The van der Waals surface area contributed by atoms with Crippen LogP contribution in [0.25, 0.3) is 0 Å². The molecule has 0 amide bonds. The summed E-state index contributed by atoms with van der Waals surface area (Å²) in [5.74, 6) is -2.31. The summed E-state index contributed by atoms with van der Waals surface area (Å²) in [6.45, 7) is 17.7. The van der Waals surface area contributed by atoms with Crippen LogP contribution in [0.1, 0.15) is 57.8 Å². The van der Waals surface area contributed by atoms with E-state index in [0.29, 0.717) is 12.0 Å². The summed E-state index contributed by atoms with van der Waals surface area (Å²) >= 11 is 1.94. The van der Waals surface area contributed by atoms with E-state index in [2.05, 4.69) is 26.2 Å². The summed E-state index contributed by atoms with van der Waals surface area (Å²) in [4.78, 5) is 42.7. The molecule has 0 spiro atoms. The minimum absolute atomic E-state index is 0.0118. The molecule has 12 heteroatoms. The van der Waals surface area contributed by atoms with Gasteiger partial charge in [0.15, 0.2) is 0 Å². The second-order valence-electron chi connectivity index (χ2n) is 16.0. The Bertz CT molecular complexity index is 1490. The molecule has 251 valence electrons. The van der Waals surface area contributed by atoms with Crippen molar-refractivity contribution >= 4 is 34.4 Å². The zero-order chi connectivity index (χ0) is 33.8. The number of fused-ring (bicyclic) bond motifs is 6. The zero-order valence-corrected chi connectivity index (χ0v) is 32.3. The Hall–Kier alpha value is -1.47. The second-order valence-corrected chi connectivity index (χ2v) is 26.4. The van der Waals surface area contributed by atoms with Gasteiger partial charge in [0.1, 0.15) is 0 Å². The van der Waals surface area contributed by atoms with E-state index in [4.69, 9.17) is 23.1 Å². The fourth-order valence-electron chi connectivity index (χ4n) is 9.68. The predicted molar refractivity (Wildman–Crippen MR) is 170 cm³/mol. The number of carbonyl (C=O) groups is 3. The molecule has 2 saturated heterocycles. The summed E-state index contributed by atoms with van der Waals surface area (Å²) in [6, 6.07) is 8.66. The number of benzene rings is 1. The maximum absolute atomic E-state index is 15.7. The number of esters is 2. The third-order valence-electron chi connectivity index (χ3n) is 11.6. The molecule has 4 fully saturated rings. The fraction of sp³-hybridized carbons (Fsp3) is 0.676. The number of ketones is 1. The molecule has 2 heterocycles. The van der Waals surface area contributed by atoms with Crippen LogP contribution < -0.4 is 0 Å². The number of rotatable bonds is 3. The van der Waals surface area contributed by atoms with Crippen LogP contribution in [0.4, 0.5) is 0 Å². The predicted octanol–water partition coefficient (Wildman–Crippen LogP) is 5.07.